The first-order chi connectivity index (χ1) is 8.43. The second kappa shape index (κ2) is 4.28. The van der Waals surface area contributed by atoms with Crippen LogP contribution in [-0.2, 0) is 5.41 Å². The smallest absolute Gasteiger partial charge is 0.0161 e. The minimum atomic E-state index is 0.0726. The van der Waals surface area contributed by atoms with E-state index in [1.54, 1.807) is 0 Å². The normalized spacial score (nSPS) is 17.4. The Labute approximate surface area is 111 Å². The summed E-state index contributed by atoms with van der Waals surface area (Å²) in [6.45, 7) is 15.1. The predicted octanol–water partition coefficient (Wildman–Crippen LogP) is 5.11. The van der Waals surface area contributed by atoms with Gasteiger partial charge in [-0.05, 0) is 48.6 Å². The monoisotopic (exact) mass is 238 g/mol. The van der Waals surface area contributed by atoms with E-state index in [2.05, 4.69) is 65.5 Å². The van der Waals surface area contributed by atoms with Crippen LogP contribution in [0.25, 0.3) is 5.57 Å². The largest absolute Gasteiger partial charge is 0.0984 e. The van der Waals surface area contributed by atoms with E-state index in [1.807, 2.05) is 6.08 Å². The van der Waals surface area contributed by atoms with Crippen LogP contribution < -0.4 is 0 Å². The average molecular weight is 238 g/mol. The molecular weight excluding hydrogens is 216 g/mol. The molecule has 0 unspecified atom stereocenters. The number of fused-ring (bicyclic) bond motifs is 1. The van der Waals surface area contributed by atoms with Crippen LogP contribution in [0.5, 0.6) is 0 Å². The van der Waals surface area contributed by atoms with E-state index in [9.17, 15) is 0 Å². The van der Waals surface area contributed by atoms with E-state index in [-0.39, 0.29) is 5.41 Å². The molecule has 0 radical (unpaired) electrons. The first-order valence-electron chi connectivity index (χ1n) is 6.55. The number of hydrogen-bond acceptors (Lipinski definition) is 0. The Kier molecular flexibility index (Phi) is 3.06. The van der Waals surface area contributed by atoms with Crippen LogP contribution >= 0.6 is 0 Å². The van der Waals surface area contributed by atoms with Crippen LogP contribution in [0.1, 0.15) is 43.0 Å². The number of benzene rings is 1. The minimum Gasteiger partial charge on any atom is -0.0984 e. The molecule has 18 heavy (non-hydrogen) atoms. The first kappa shape index (κ1) is 12.9. The summed E-state index contributed by atoms with van der Waals surface area (Å²) < 4.78 is 0. The fraction of sp³-hybridized carbons (Fsp3) is 0.333. The zero-order valence-electron chi connectivity index (χ0n) is 12.1. The fourth-order valence-electron chi connectivity index (χ4n) is 3.31. The summed E-state index contributed by atoms with van der Waals surface area (Å²) in [5.74, 6) is 0. The van der Waals surface area contributed by atoms with Gasteiger partial charge in [0.05, 0.1) is 0 Å². The fourth-order valence-corrected chi connectivity index (χ4v) is 3.31. The third-order valence-electron chi connectivity index (χ3n) is 3.90. The summed E-state index contributed by atoms with van der Waals surface area (Å²) in [5.41, 5.74) is 8.26. The first-order valence-corrected chi connectivity index (χ1v) is 6.55. The molecule has 0 N–H and O–H groups in total. The third-order valence-corrected chi connectivity index (χ3v) is 3.90. The maximum atomic E-state index is 4.01. The Morgan fingerprint density at radius 1 is 1.17 bits per heavy atom. The summed E-state index contributed by atoms with van der Waals surface area (Å²) >= 11 is 0. The standard InChI is InChI=1S/C18H22/c1-7-9-16-14(8-2)15-11-12(3)10-13(4)17(15)18(16,5)6/h7-11H,2H2,1,3-6H3/b9-7-. The summed E-state index contributed by atoms with van der Waals surface area (Å²) in [7, 11) is 0. The Bertz CT molecular complexity index is 566. The van der Waals surface area contributed by atoms with Gasteiger partial charge in [0.15, 0.2) is 0 Å². The van der Waals surface area contributed by atoms with Crippen molar-refractivity contribution in [3.63, 3.8) is 0 Å². The average Bonchev–Trinajstić information content (AvgIpc) is 2.47. The Balaban J connectivity index is 2.83. The van der Waals surface area contributed by atoms with Gasteiger partial charge in [-0.15, -0.1) is 0 Å². The van der Waals surface area contributed by atoms with Crippen molar-refractivity contribution in [1.82, 2.24) is 0 Å². The van der Waals surface area contributed by atoms with Gasteiger partial charge in [0.2, 0.25) is 0 Å². The van der Waals surface area contributed by atoms with Crippen molar-refractivity contribution in [3.05, 3.63) is 64.8 Å². The highest BCUT2D eigenvalue weighted by atomic mass is 14.4. The lowest BCUT2D eigenvalue weighted by atomic mass is 9.78. The summed E-state index contributed by atoms with van der Waals surface area (Å²) in [5, 5.41) is 0. The van der Waals surface area contributed by atoms with Crippen molar-refractivity contribution in [2.45, 2.75) is 40.0 Å². The molecule has 0 saturated carbocycles. The topological polar surface area (TPSA) is 0 Å². The zero-order chi connectivity index (χ0) is 13.5. The van der Waals surface area contributed by atoms with Crippen molar-refractivity contribution < 1.29 is 0 Å². The van der Waals surface area contributed by atoms with Crippen LogP contribution in [0.15, 0.2) is 42.5 Å². The highest BCUT2D eigenvalue weighted by Crippen LogP contribution is 2.48. The molecule has 1 aliphatic carbocycles. The van der Waals surface area contributed by atoms with Crippen LogP contribution in [0.3, 0.4) is 0 Å². The SMILES string of the molecule is C=CC1=C(/C=C\C)C(C)(C)c2c(C)cc(C)cc21. The molecule has 2 rings (SSSR count). The van der Waals surface area contributed by atoms with Crippen molar-refractivity contribution in [3.8, 4) is 0 Å². The van der Waals surface area contributed by atoms with Crippen LogP contribution in [0.2, 0.25) is 0 Å². The molecule has 1 aromatic rings. The second-order valence-electron chi connectivity index (χ2n) is 5.66. The van der Waals surface area contributed by atoms with Gasteiger partial charge in [-0.25, -0.2) is 0 Å². The highest BCUT2D eigenvalue weighted by Gasteiger charge is 2.36. The Morgan fingerprint density at radius 3 is 2.39 bits per heavy atom. The molecule has 0 bridgehead atoms. The van der Waals surface area contributed by atoms with Gasteiger partial charge in [-0.2, -0.15) is 0 Å². The van der Waals surface area contributed by atoms with Crippen molar-refractivity contribution in [2.75, 3.05) is 0 Å². The van der Waals surface area contributed by atoms with Gasteiger partial charge >= 0.3 is 0 Å². The molecule has 0 saturated heterocycles. The van der Waals surface area contributed by atoms with Crippen molar-refractivity contribution in [1.29, 1.82) is 0 Å². The maximum Gasteiger partial charge on any atom is 0.0161 e. The van der Waals surface area contributed by atoms with E-state index < -0.39 is 0 Å². The van der Waals surface area contributed by atoms with Gasteiger partial charge in [0, 0.05) is 5.41 Å². The third kappa shape index (κ3) is 1.68. The number of allylic oxidation sites excluding steroid dienone is 5. The van der Waals surface area contributed by atoms with E-state index in [0.29, 0.717) is 0 Å². The van der Waals surface area contributed by atoms with E-state index in [0.717, 1.165) is 0 Å². The van der Waals surface area contributed by atoms with Crippen molar-refractivity contribution in [2.24, 2.45) is 0 Å². The molecule has 0 atom stereocenters. The molecule has 0 nitrogen and oxygen atoms in total. The molecule has 0 fully saturated rings. The molecule has 0 amide bonds. The van der Waals surface area contributed by atoms with Crippen LogP contribution in [-0.4, -0.2) is 0 Å². The molecule has 0 aliphatic heterocycles. The lowest BCUT2D eigenvalue weighted by Gasteiger charge is -2.25. The second-order valence-corrected chi connectivity index (χ2v) is 5.66. The van der Waals surface area contributed by atoms with Gasteiger partial charge < -0.3 is 0 Å². The van der Waals surface area contributed by atoms with Crippen molar-refractivity contribution >= 4 is 5.57 Å². The van der Waals surface area contributed by atoms with E-state index >= 15 is 0 Å². The Morgan fingerprint density at radius 2 is 1.83 bits per heavy atom. The molecule has 94 valence electrons. The molecule has 0 spiro atoms. The molecule has 1 aliphatic rings. The maximum absolute atomic E-state index is 4.01. The predicted molar refractivity (Wildman–Crippen MR) is 80.9 cm³/mol. The lowest BCUT2D eigenvalue weighted by molar-refractivity contribution is 0.649. The number of rotatable bonds is 2. The molecule has 1 aromatic carbocycles. The molecular formula is C18H22. The number of aryl methyl sites for hydroxylation is 2. The van der Waals surface area contributed by atoms with Gasteiger partial charge in [0.25, 0.3) is 0 Å². The van der Waals surface area contributed by atoms with E-state index in [1.165, 1.54) is 33.4 Å². The summed E-state index contributed by atoms with van der Waals surface area (Å²) in [4.78, 5) is 0. The molecule has 0 heterocycles. The number of hydrogen-bond donors (Lipinski definition) is 0. The Hall–Kier alpha value is -1.56. The minimum absolute atomic E-state index is 0.0726. The van der Waals surface area contributed by atoms with Gasteiger partial charge in [-0.1, -0.05) is 56.4 Å². The molecule has 0 heteroatoms. The van der Waals surface area contributed by atoms with Crippen LogP contribution in [0, 0.1) is 13.8 Å². The van der Waals surface area contributed by atoms with Crippen LogP contribution in [0.4, 0.5) is 0 Å². The molecule has 0 aromatic heterocycles. The van der Waals surface area contributed by atoms with E-state index in [4.69, 9.17) is 0 Å². The summed E-state index contributed by atoms with van der Waals surface area (Å²) in [6, 6.07) is 4.57. The quantitative estimate of drug-likeness (QED) is 0.671. The highest BCUT2D eigenvalue weighted by molar-refractivity contribution is 5.88. The zero-order valence-corrected chi connectivity index (χ0v) is 12.1. The lowest BCUT2D eigenvalue weighted by Crippen LogP contribution is -2.17. The van der Waals surface area contributed by atoms with Gasteiger partial charge in [-0.3, -0.25) is 0 Å². The summed E-state index contributed by atoms with van der Waals surface area (Å²) in [6.07, 6.45) is 6.35. The van der Waals surface area contributed by atoms with Gasteiger partial charge in [0.1, 0.15) is 0 Å².